The number of hydrogen-bond donors (Lipinski definition) is 1. The SMILES string of the molecule is Cc1ccc2c(c1)N(C(=O)Nc1ccc(Br)cc1F)C[C@@H](C)O2. The average Bonchev–Trinajstić information content (AvgIpc) is 2.49. The summed E-state index contributed by atoms with van der Waals surface area (Å²) in [6.07, 6.45) is -0.134. The molecule has 1 N–H and O–H groups in total. The molecule has 1 aliphatic heterocycles. The van der Waals surface area contributed by atoms with Gasteiger partial charge in [-0.25, -0.2) is 9.18 Å². The standard InChI is InChI=1S/C17H16BrFN2O2/c1-10-3-6-16-15(7-10)21(9-11(2)23-16)17(22)20-14-5-4-12(18)8-13(14)19/h3-8,11H,9H2,1-2H3,(H,20,22)/t11-/m1/s1. The lowest BCUT2D eigenvalue weighted by molar-refractivity contribution is 0.208. The van der Waals surface area contributed by atoms with Crippen LogP contribution >= 0.6 is 15.9 Å². The predicted molar refractivity (Wildman–Crippen MR) is 91.7 cm³/mol. The average molecular weight is 379 g/mol. The second-order valence-corrected chi connectivity index (χ2v) is 6.48. The molecule has 120 valence electrons. The van der Waals surface area contributed by atoms with Crippen molar-refractivity contribution in [1.82, 2.24) is 0 Å². The smallest absolute Gasteiger partial charge is 0.326 e. The Morgan fingerprint density at radius 3 is 2.87 bits per heavy atom. The fourth-order valence-electron chi connectivity index (χ4n) is 2.51. The zero-order valence-corrected chi connectivity index (χ0v) is 14.4. The number of nitrogens with zero attached hydrogens (tertiary/aromatic N) is 1. The number of anilines is 2. The second-order valence-electron chi connectivity index (χ2n) is 5.56. The van der Waals surface area contributed by atoms with Crippen LogP contribution in [0.25, 0.3) is 0 Å². The highest BCUT2D eigenvalue weighted by Gasteiger charge is 2.28. The van der Waals surface area contributed by atoms with E-state index in [0.717, 1.165) is 5.56 Å². The van der Waals surface area contributed by atoms with Crippen molar-refractivity contribution >= 4 is 33.3 Å². The lowest BCUT2D eigenvalue weighted by Gasteiger charge is -2.33. The van der Waals surface area contributed by atoms with Gasteiger partial charge in [-0.1, -0.05) is 22.0 Å². The summed E-state index contributed by atoms with van der Waals surface area (Å²) < 4.78 is 20.3. The van der Waals surface area contributed by atoms with Crippen LogP contribution in [0.1, 0.15) is 12.5 Å². The Hall–Kier alpha value is -2.08. The number of hydrogen-bond acceptors (Lipinski definition) is 2. The van der Waals surface area contributed by atoms with Crippen LogP contribution in [0.2, 0.25) is 0 Å². The Kier molecular flexibility index (Phi) is 4.26. The van der Waals surface area contributed by atoms with Gasteiger partial charge >= 0.3 is 6.03 Å². The molecule has 0 fully saturated rings. The number of nitrogens with one attached hydrogen (secondary N) is 1. The van der Waals surface area contributed by atoms with E-state index >= 15 is 0 Å². The molecule has 0 saturated heterocycles. The number of fused-ring (bicyclic) bond motifs is 1. The van der Waals surface area contributed by atoms with Crippen molar-refractivity contribution in [2.75, 3.05) is 16.8 Å². The third-order valence-corrected chi connectivity index (χ3v) is 4.08. The molecular weight excluding hydrogens is 363 g/mol. The van der Waals surface area contributed by atoms with E-state index in [0.29, 0.717) is 22.5 Å². The highest BCUT2D eigenvalue weighted by Crippen LogP contribution is 2.34. The first-order chi connectivity index (χ1) is 10.9. The van der Waals surface area contributed by atoms with Crippen molar-refractivity contribution in [3.05, 3.63) is 52.3 Å². The predicted octanol–water partition coefficient (Wildman–Crippen LogP) is 4.72. The second kappa shape index (κ2) is 6.20. The van der Waals surface area contributed by atoms with E-state index in [1.807, 2.05) is 32.0 Å². The summed E-state index contributed by atoms with van der Waals surface area (Å²) in [6.45, 7) is 4.24. The Labute approximate surface area is 142 Å². The van der Waals surface area contributed by atoms with Gasteiger partial charge in [0, 0.05) is 4.47 Å². The Morgan fingerprint density at radius 1 is 1.35 bits per heavy atom. The summed E-state index contributed by atoms with van der Waals surface area (Å²) in [4.78, 5) is 14.2. The molecule has 3 rings (SSSR count). The number of carbonyl (C=O) groups excluding carboxylic acids is 1. The van der Waals surface area contributed by atoms with E-state index in [2.05, 4.69) is 21.2 Å². The van der Waals surface area contributed by atoms with E-state index < -0.39 is 5.82 Å². The zero-order valence-electron chi connectivity index (χ0n) is 12.8. The lowest BCUT2D eigenvalue weighted by atomic mass is 10.1. The third-order valence-electron chi connectivity index (χ3n) is 3.59. The summed E-state index contributed by atoms with van der Waals surface area (Å²) in [7, 11) is 0. The van der Waals surface area contributed by atoms with Gasteiger partial charge in [0.25, 0.3) is 0 Å². The van der Waals surface area contributed by atoms with Crippen molar-refractivity contribution in [3.8, 4) is 5.75 Å². The van der Waals surface area contributed by atoms with Crippen LogP contribution in [-0.2, 0) is 0 Å². The van der Waals surface area contributed by atoms with E-state index in [1.54, 1.807) is 11.0 Å². The van der Waals surface area contributed by atoms with E-state index in [1.165, 1.54) is 12.1 Å². The van der Waals surface area contributed by atoms with Gasteiger partial charge in [0.05, 0.1) is 17.9 Å². The summed E-state index contributed by atoms with van der Waals surface area (Å²) in [6, 6.07) is 9.81. The van der Waals surface area contributed by atoms with E-state index in [9.17, 15) is 9.18 Å². The molecule has 1 atom stereocenters. The third kappa shape index (κ3) is 3.32. The summed E-state index contributed by atoms with van der Waals surface area (Å²) >= 11 is 3.20. The maximum Gasteiger partial charge on any atom is 0.326 e. The highest BCUT2D eigenvalue weighted by atomic mass is 79.9. The van der Waals surface area contributed by atoms with Gasteiger partial charge in [-0.2, -0.15) is 0 Å². The minimum absolute atomic E-state index is 0.134. The van der Waals surface area contributed by atoms with E-state index in [4.69, 9.17) is 4.74 Å². The Morgan fingerprint density at radius 2 is 2.13 bits per heavy atom. The van der Waals surface area contributed by atoms with Gasteiger partial charge in [-0.3, -0.25) is 4.90 Å². The van der Waals surface area contributed by atoms with Crippen molar-refractivity contribution in [1.29, 1.82) is 0 Å². The molecule has 2 aromatic carbocycles. The molecule has 2 amide bonds. The minimum Gasteiger partial charge on any atom is -0.487 e. The Balaban J connectivity index is 1.89. The lowest BCUT2D eigenvalue weighted by Crippen LogP contribution is -2.44. The van der Waals surface area contributed by atoms with Gasteiger partial charge in [-0.15, -0.1) is 0 Å². The number of benzene rings is 2. The molecule has 0 bridgehead atoms. The molecule has 0 aromatic heterocycles. The molecule has 1 aliphatic rings. The number of carbonyl (C=O) groups is 1. The van der Waals surface area contributed by atoms with Crippen molar-refractivity contribution < 1.29 is 13.9 Å². The molecule has 0 aliphatic carbocycles. The fraction of sp³-hybridized carbons (Fsp3) is 0.235. The molecule has 1 heterocycles. The molecule has 0 unspecified atom stereocenters. The van der Waals surface area contributed by atoms with Gasteiger partial charge < -0.3 is 10.1 Å². The van der Waals surface area contributed by atoms with Crippen LogP contribution in [0.5, 0.6) is 5.75 Å². The number of rotatable bonds is 1. The van der Waals surface area contributed by atoms with Crippen LogP contribution < -0.4 is 15.0 Å². The minimum atomic E-state index is -0.488. The Bertz CT molecular complexity index is 766. The molecule has 23 heavy (non-hydrogen) atoms. The molecule has 2 aromatic rings. The maximum atomic E-state index is 13.9. The van der Waals surface area contributed by atoms with Crippen LogP contribution in [0, 0.1) is 12.7 Å². The first-order valence-corrected chi connectivity index (χ1v) is 8.04. The zero-order chi connectivity index (χ0) is 16.6. The van der Waals surface area contributed by atoms with Crippen LogP contribution in [0.4, 0.5) is 20.6 Å². The van der Waals surface area contributed by atoms with Gasteiger partial charge in [0.15, 0.2) is 0 Å². The van der Waals surface area contributed by atoms with Gasteiger partial charge in [0.2, 0.25) is 0 Å². The fourth-order valence-corrected chi connectivity index (χ4v) is 2.85. The summed E-state index contributed by atoms with van der Waals surface area (Å²) in [5, 5.41) is 2.62. The number of aryl methyl sites for hydroxylation is 1. The monoisotopic (exact) mass is 378 g/mol. The van der Waals surface area contributed by atoms with Crippen LogP contribution in [-0.4, -0.2) is 18.7 Å². The summed E-state index contributed by atoms with van der Waals surface area (Å²) in [5.41, 5.74) is 1.86. The number of halogens is 2. The number of ether oxygens (including phenoxy) is 1. The molecule has 0 radical (unpaired) electrons. The van der Waals surface area contributed by atoms with E-state index in [-0.39, 0.29) is 17.8 Å². The molecular formula is C17H16BrFN2O2. The maximum absolute atomic E-state index is 13.9. The molecule has 0 spiro atoms. The first-order valence-electron chi connectivity index (χ1n) is 7.25. The van der Waals surface area contributed by atoms with Gasteiger partial charge in [-0.05, 0) is 49.7 Å². The first kappa shape index (κ1) is 15.8. The topological polar surface area (TPSA) is 41.6 Å². The highest BCUT2D eigenvalue weighted by molar-refractivity contribution is 9.10. The molecule has 4 nitrogen and oxygen atoms in total. The largest absolute Gasteiger partial charge is 0.487 e. The quantitative estimate of drug-likeness (QED) is 0.779. The normalized spacial score (nSPS) is 16.5. The number of urea groups is 1. The van der Waals surface area contributed by atoms with Crippen LogP contribution in [0.3, 0.4) is 0 Å². The van der Waals surface area contributed by atoms with Crippen molar-refractivity contribution in [3.63, 3.8) is 0 Å². The number of amides is 2. The van der Waals surface area contributed by atoms with Crippen LogP contribution in [0.15, 0.2) is 40.9 Å². The summed E-state index contributed by atoms with van der Waals surface area (Å²) in [5.74, 6) is 0.166. The molecule has 6 heteroatoms. The van der Waals surface area contributed by atoms with Crippen molar-refractivity contribution in [2.45, 2.75) is 20.0 Å². The molecule has 0 saturated carbocycles. The van der Waals surface area contributed by atoms with Crippen molar-refractivity contribution in [2.24, 2.45) is 0 Å². The van der Waals surface area contributed by atoms with Gasteiger partial charge in [0.1, 0.15) is 17.7 Å².